The van der Waals surface area contributed by atoms with Gasteiger partial charge in [0.1, 0.15) is 11.5 Å². The van der Waals surface area contributed by atoms with Crippen LogP contribution in [0.1, 0.15) is 12.6 Å². The van der Waals surface area contributed by atoms with Gasteiger partial charge < -0.3 is 9.47 Å². The molecule has 0 aliphatic carbocycles. The minimum absolute atomic E-state index is 0.0236. The van der Waals surface area contributed by atoms with Crippen molar-refractivity contribution in [2.45, 2.75) is 19.4 Å². The summed E-state index contributed by atoms with van der Waals surface area (Å²) in [6, 6.07) is 16.9. The van der Waals surface area contributed by atoms with Crippen LogP contribution in [0.4, 0.5) is 0 Å². The molecule has 1 atom stereocenters. The van der Waals surface area contributed by atoms with E-state index >= 15 is 0 Å². The fourth-order valence-corrected chi connectivity index (χ4v) is 2.67. The zero-order valence-corrected chi connectivity index (χ0v) is 15.6. The molecule has 144 valence electrons. The smallest absolute Gasteiger partial charge is 0.279 e. The first-order valence-electron chi connectivity index (χ1n) is 8.79. The number of carbonyl (C=O) groups excluding carboxylic acids is 2. The van der Waals surface area contributed by atoms with Crippen molar-refractivity contribution < 1.29 is 19.1 Å². The summed E-state index contributed by atoms with van der Waals surface area (Å²) in [6.07, 6.45) is 0.763. The zero-order valence-electron chi connectivity index (χ0n) is 15.6. The number of ether oxygens (including phenoxy) is 2. The molecule has 1 heterocycles. The largest absolute Gasteiger partial charge is 0.495 e. The van der Waals surface area contributed by atoms with Gasteiger partial charge in [-0.25, -0.2) is 0 Å². The van der Waals surface area contributed by atoms with Gasteiger partial charge in [-0.15, -0.1) is 0 Å². The Morgan fingerprint density at radius 2 is 1.82 bits per heavy atom. The molecular formula is C21H21N3O4. The van der Waals surface area contributed by atoms with Gasteiger partial charge in [0.15, 0.2) is 6.10 Å². The van der Waals surface area contributed by atoms with Gasteiger partial charge in [0.2, 0.25) is 5.91 Å². The van der Waals surface area contributed by atoms with Crippen LogP contribution in [0.15, 0.2) is 60.8 Å². The number of hydrogen-bond acceptors (Lipinski definition) is 5. The Labute approximate surface area is 162 Å². The summed E-state index contributed by atoms with van der Waals surface area (Å²) in [4.78, 5) is 28.4. The summed E-state index contributed by atoms with van der Waals surface area (Å²) in [5, 5.41) is 2.11. The summed E-state index contributed by atoms with van der Waals surface area (Å²) in [5.74, 6) is 0.209. The summed E-state index contributed by atoms with van der Waals surface area (Å²) in [7, 11) is 1.51. The highest BCUT2D eigenvalue weighted by Crippen LogP contribution is 2.21. The van der Waals surface area contributed by atoms with E-state index < -0.39 is 17.9 Å². The predicted molar refractivity (Wildman–Crippen MR) is 105 cm³/mol. The van der Waals surface area contributed by atoms with Crippen molar-refractivity contribution >= 4 is 22.6 Å². The fourth-order valence-electron chi connectivity index (χ4n) is 2.67. The van der Waals surface area contributed by atoms with Gasteiger partial charge in [-0.1, -0.05) is 30.3 Å². The number of benzene rings is 2. The lowest BCUT2D eigenvalue weighted by Gasteiger charge is -2.15. The third-order valence-electron chi connectivity index (χ3n) is 4.12. The molecule has 3 aromatic rings. The van der Waals surface area contributed by atoms with E-state index in [1.54, 1.807) is 31.3 Å². The SMILES string of the molecule is COc1cccnc1CC(=O)NNC(=O)C(C)Oc1ccc2ccccc2c1. The highest BCUT2D eigenvalue weighted by Gasteiger charge is 2.16. The maximum absolute atomic E-state index is 12.2. The number of amides is 2. The quantitative estimate of drug-likeness (QED) is 0.642. The summed E-state index contributed by atoms with van der Waals surface area (Å²) < 4.78 is 10.8. The van der Waals surface area contributed by atoms with E-state index in [2.05, 4.69) is 15.8 Å². The number of nitrogens with one attached hydrogen (secondary N) is 2. The van der Waals surface area contributed by atoms with Crippen LogP contribution in [0.25, 0.3) is 10.8 Å². The molecule has 2 N–H and O–H groups in total. The number of aromatic nitrogens is 1. The van der Waals surface area contributed by atoms with Crippen LogP contribution in [-0.2, 0) is 16.0 Å². The lowest BCUT2D eigenvalue weighted by Crippen LogP contribution is -2.47. The number of rotatable bonds is 6. The van der Waals surface area contributed by atoms with Crippen LogP contribution in [0.2, 0.25) is 0 Å². The molecule has 0 aliphatic heterocycles. The van der Waals surface area contributed by atoms with Crippen LogP contribution >= 0.6 is 0 Å². The summed E-state index contributed by atoms with van der Waals surface area (Å²) in [5.41, 5.74) is 5.21. The van der Waals surface area contributed by atoms with Gasteiger partial charge in [-0.05, 0) is 42.0 Å². The van der Waals surface area contributed by atoms with E-state index in [9.17, 15) is 9.59 Å². The maximum atomic E-state index is 12.2. The first-order chi connectivity index (χ1) is 13.6. The molecule has 28 heavy (non-hydrogen) atoms. The van der Waals surface area contributed by atoms with Crippen molar-refractivity contribution in [3.8, 4) is 11.5 Å². The van der Waals surface area contributed by atoms with E-state index in [4.69, 9.17) is 9.47 Å². The molecule has 1 unspecified atom stereocenters. The first-order valence-corrected chi connectivity index (χ1v) is 8.79. The molecule has 0 spiro atoms. The lowest BCUT2D eigenvalue weighted by molar-refractivity contribution is -0.132. The normalized spacial score (nSPS) is 11.5. The van der Waals surface area contributed by atoms with Gasteiger partial charge in [-0.3, -0.25) is 25.4 Å². The number of methoxy groups -OCH3 is 1. The molecule has 0 saturated heterocycles. The molecule has 3 rings (SSSR count). The Balaban J connectivity index is 1.52. The maximum Gasteiger partial charge on any atom is 0.279 e. The van der Waals surface area contributed by atoms with Crippen molar-refractivity contribution in [2.75, 3.05) is 7.11 Å². The van der Waals surface area contributed by atoms with Crippen molar-refractivity contribution in [3.63, 3.8) is 0 Å². The Kier molecular flexibility index (Phi) is 6.06. The highest BCUT2D eigenvalue weighted by atomic mass is 16.5. The second-order valence-corrected chi connectivity index (χ2v) is 6.14. The fraction of sp³-hybridized carbons (Fsp3) is 0.190. The Hall–Kier alpha value is -3.61. The van der Waals surface area contributed by atoms with E-state index in [1.165, 1.54) is 7.11 Å². The number of carbonyl (C=O) groups is 2. The molecule has 7 nitrogen and oxygen atoms in total. The molecule has 0 bridgehead atoms. The topological polar surface area (TPSA) is 89.5 Å². The molecule has 1 aromatic heterocycles. The number of hydrazine groups is 1. The van der Waals surface area contributed by atoms with Gasteiger partial charge in [0, 0.05) is 6.20 Å². The van der Waals surface area contributed by atoms with Gasteiger partial charge in [0.05, 0.1) is 19.2 Å². The monoisotopic (exact) mass is 379 g/mol. The molecular weight excluding hydrogens is 358 g/mol. The second kappa shape index (κ2) is 8.85. The van der Waals surface area contributed by atoms with Crippen LogP contribution in [0, 0.1) is 0 Å². The van der Waals surface area contributed by atoms with E-state index in [0.29, 0.717) is 17.2 Å². The van der Waals surface area contributed by atoms with Crippen molar-refractivity contribution in [1.82, 2.24) is 15.8 Å². The molecule has 7 heteroatoms. The van der Waals surface area contributed by atoms with Gasteiger partial charge in [0.25, 0.3) is 5.91 Å². The molecule has 0 aliphatic rings. The molecule has 2 amide bonds. The minimum Gasteiger partial charge on any atom is -0.495 e. The minimum atomic E-state index is -0.786. The van der Waals surface area contributed by atoms with Gasteiger partial charge in [-0.2, -0.15) is 0 Å². The third kappa shape index (κ3) is 4.76. The van der Waals surface area contributed by atoms with Crippen molar-refractivity contribution in [3.05, 3.63) is 66.5 Å². The number of fused-ring (bicyclic) bond motifs is 1. The Morgan fingerprint density at radius 1 is 1.04 bits per heavy atom. The van der Waals surface area contributed by atoms with Gasteiger partial charge >= 0.3 is 0 Å². The van der Waals surface area contributed by atoms with E-state index in [0.717, 1.165) is 10.8 Å². The van der Waals surface area contributed by atoms with E-state index in [1.807, 2.05) is 36.4 Å². The molecule has 0 saturated carbocycles. The highest BCUT2D eigenvalue weighted by molar-refractivity contribution is 5.86. The van der Waals surface area contributed by atoms with Crippen molar-refractivity contribution in [1.29, 1.82) is 0 Å². The lowest BCUT2D eigenvalue weighted by atomic mass is 10.1. The molecule has 0 radical (unpaired) electrons. The Bertz CT molecular complexity index is 990. The zero-order chi connectivity index (χ0) is 19.9. The standard InChI is InChI=1S/C21H21N3O4/c1-14(28-17-10-9-15-6-3-4-7-16(15)12-17)21(26)24-23-20(25)13-18-19(27-2)8-5-11-22-18/h3-12,14H,13H2,1-2H3,(H,23,25)(H,24,26). The first kappa shape index (κ1) is 19.2. The van der Waals surface area contributed by atoms with Crippen molar-refractivity contribution in [2.24, 2.45) is 0 Å². The number of pyridine rings is 1. The van der Waals surface area contributed by atoms with Crippen LogP contribution in [0.5, 0.6) is 11.5 Å². The Morgan fingerprint density at radius 3 is 2.61 bits per heavy atom. The number of nitrogens with zero attached hydrogens (tertiary/aromatic N) is 1. The summed E-state index contributed by atoms with van der Waals surface area (Å²) in [6.45, 7) is 1.61. The summed E-state index contributed by atoms with van der Waals surface area (Å²) >= 11 is 0. The molecule has 2 aromatic carbocycles. The van der Waals surface area contributed by atoms with E-state index in [-0.39, 0.29) is 6.42 Å². The van der Waals surface area contributed by atoms with Crippen LogP contribution in [-0.4, -0.2) is 30.0 Å². The average molecular weight is 379 g/mol. The second-order valence-electron chi connectivity index (χ2n) is 6.14. The number of hydrogen-bond donors (Lipinski definition) is 2. The molecule has 0 fully saturated rings. The van der Waals surface area contributed by atoms with Crippen LogP contribution in [0.3, 0.4) is 0 Å². The van der Waals surface area contributed by atoms with Crippen LogP contribution < -0.4 is 20.3 Å². The predicted octanol–water partition coefficient (Wildman–Crippen LogP) is 2.40. The average Bonchev–Trinajstić information content (AvgIpc) is 2.72. The third-order valence-corrected chi connectivity index (χ3v) is 4.12.